The van der Waals surface area contributed by atoms with Gasteiger partial charge in [0, 0.05) is 51.0 Å². The molecule has 0 aliphatic carbocycles. The molecule has 5 heteroatoms. The number of nitrogens with zero attached hydrogens (tertiary/aromatic N) is 4. The lowest BCUT2D eigenvalue weighted by atomic mass is 10.3. The van der Waals surface area contributed by atoms with E-state index in [9.17, 15) is 0 Å². The van der Waals surface area contributed by atoms with Crippen LogP contribution in [0.1, 0.15) is 5.56 Å². The summed E-state index contributed by atoms with van der Waals surface area (Å²) in [5.74, 6) is 1.55. The molecular weight excluding hydrogens is 224 g/mol. The SMILES string of the molecule is Cc1cnc(N2CCN(CCCl)CC2)nc1. The van der Waals surface area contributed by atoms with Crippen LogP contribution in [0.25, 0.3) is 0 Å². The van der Waals surface area contributed by atoms with Crippen LogP contribution in [0.3, 0.4) is 0 Å². The van der Waals surface area contributed by atoms with Crippen LogP contribution in [-0.4, -0.2) is 53.5 Å². The Hall–Kier alpha value is -0.870. The molecule has 4 nitrogen and oxygen atoms in total. The monoisotopic (exact) mass is 240 g/mol. The molecule has 1 aromatic heterocycles. The minimum absolute atomic E-state index is 0.709. The van der Waals surface area contributed by atoms with Crippen molar-refractivity contribution in [3.63, 3.8) is 0 Å². The molecule has 1 aromatic rings. The van der Waals surface area contributed by atoms with E-state index in [1.54, 1.807) is 0 Å². The van der Waals surface area contributed by atoms with Gasteiger partial charge in [0.25, 0.3) is 0 Å². The smallest absolute Gasteiger partial charge is 0.225 e. The molecule has 0 N–H and O–H groups in total. The largest absolute Gasteiger partial charge is 0.338 e. The van der Waals surface area contributed by atoms with E-state index in [1.165, 1.54) is 0 Å². The molecule has 88 valence electrons. The number of anilines is 1. The van der Waals surface area contributed by atoms with Gasteiger partial charge in [0.1, 0.15) is 0 Å². The summed E-state index contributed by atoms with van der Waals surface area (Å²) in [6.45, 7) is 7.04. The summed E-state index contributed by atoms with van der Waals surface area (Å²) in [4.78, 5) is 13.3. The van der Waals surface area contributed by atoms with Crippen molar-refractivity contribution in [1.29, 1.82) is 0 Å². The Kier molecular flexibility index (Phi) is 3.96. The summed E-state index contributed by atoms with van der Waals surface area (Å²) in [6.07, 6.45) is 3.74. The zero-order valence-electron chi connectivity index (χ0n) is 9.56. The Balaban J connectivity index is 1.91. The second kappa shape index (κ2) is 5.46. The molecular formula is C11H17ClN4. The van der Waals surface area contributed by atoms with Crippen molar-refractivity contribution in [2.24, 2.45) is 0 Å². The molecule has 0 atom stereocenters. The van der Waals surface area contributed by atoms with Gasteiger partial charge < -0.3 is 4.90 Å². The van der Waals surface area contributed by atoms with E-state index >= 15 is 0 Å². The third-order valence-corrected chi connectivity index (χ3v) is 2.99. The van der Waals surface area contributed by atoms with Crippen LogP contribution < -0.4 is 4.90 Å². The fourth-order valence-electron chi connectivity index (χ4n) is 1.84. The van der Waals surface area contributed by atoms with Crippen LogP contribution in [0.4, 0.5) is 5.95 Å². The van der Waals surface area contributed by atoms with Crippen LogP contribution in [0.15, 0.2) is 12.4 Å². The summed E-state index contributed by atoms with van der Waals surface area (Å²) in [7, 11) is 0. The van der Waals surface area contributed by atoms with Gasteiger partial charge in [-0.25, -0.2) is 9.97 Å². The van der Waals surface area contributed by atoms with Gasteiger partial charge in [-0.3, -0.25) is 4.90 Å². The van der Waals surface area contributed by atoms with Gasteiger partial charge >= 0.3 is 0 Å². The molecule has 0 saturated carbocycles. The normalized spacial score (nSPS) is 17.8. The number of alkyl halides is 1. The Morgan fingerprint density at radius 1 is 1.19 bits per heavy atom. The van der Waals surface area contributed by atoms with E-state index in [2.05, 4.69) is 19.8 Å². The highest BCUT2D eigenvalue weighted by molar-refractivity contribution is 6.18. The Labute approximate surface area is 101 Å². The van der Waals surface area contributed by atoms with Crippen molar-refractivity contribution in [3.8, 4) is 0 Å². The van der Waals surface area contributed by atoms with Crippen molar-refractivity contribution in [2.75, 3.05) is 43.5 Å². The van der Waals surface area contributed by atoms with Crippen molar-refractivity contribution in [2.45, 2.75) is 6.92 Å². The second-order valence-corrected chi connectivity index (χ2v) is 4.46. The first-order valence-electron chi connectivity index (χ1n) is 5.61. The van der Waals surface area contributed by atoms with Gasteiger partial charge in [-0.1, -0.05) is 0 Å². The molecule has 1 aliphatic rings. The summed E-state index contributed by atoms with van der Waals surface area (Å²) in [5, 5.41) is 0. The molecule has 16 heavy (non-hydrogen) atoms. The topological polar surface area (TPSA) is 32.3 Å². The molecule has 1 fully saturated rings. The maximum atomic E-state index is 5.73. The van der Waals surface area contributed by atoms with Crippen LogP contribution in [0.2, 0.25) is 0 Å². The van der Waals surface area contributed by atoms with Gasteiger partial charge in [0.15, 0.2) is 0 Å². The predicted octanol–water partition coefficient (Wildman–Crippen LogP) is 1.15. The molecule has 2 rings (SSSR count). The Bertz CT molecular complexity index is 319. The quantitative estimate of drug-likeness (QED) is 0.742. The summed E-state index contributed by atoms with van der Waals surface area (Å²) >= 11 is 5.73. The van der Waals surface area contributed by atoms with E-state index in [0.717, 1.165) is 44.2 Å². The summed E-state index contributed by atoms with van der Waals surface area (Å²) < 4.78 is 0. The zero-order valence-corrected chi connectivity index (χ0v) is 10.3. The number of aryl methyl sites for hydroxylation is 1. The number of halogens is 1. The van der Waals surface area contributed by atoms with Crippen LogP contribution in [-0.2, 0) is 0 Å². The first-order valence-corrected chi connectivity index (χ1v) is 6.15. The van der Waals surface area contributed by atoms with E-state index in [4.69, 9.17) is 11.6 Å². The average Bonchev–Trinajstić information content (AvgIpc) is 2.32. The van der Waals surface area contributed by atoms with E-state index in [0.29, 0.717) is 5.88 Å². The molecule has 0 unspecified atom stereocenters. The Morgan fingerprint density at radius 3 is 2.38 bits per heavy atom. The first-order chi connectivity index (χ1) is 7.79. The minimum Gasteiger partial charge on any atom is -0.338 e. The number of aromatic nitrogens is 2. The van der Waals surface area contributed by atoms with Crippen molar-refractivity contribution in [1.82, 2.24) is 14.9 Å². The Morgan fingerprint density at radius 2 is 1.81 bits per heavy atom. The third kappa shape index (κ3) is 2.83. The fourth-order valence-corrected chi connectivity index (χ4v) is 2.08. The number of piperazine rings is 1. The fraction of sp³-hybridized carbons (Fsp3) is 0.636. The van der Waals surface area contributed by atoms with Crippen LogP contribution in [0.5, 0.6) is 0 Å². The second-order valence-electron chi connectivity index (χ2n) is 4.08. The van der Waals surface area contributed by atoms with Gasteiger partial charge in [-0.15, -0.1) is 11.6 Å². The number of rotatable bonds is 3. The lowest BCUT2D eigenvalue weighted by Crippen LogP contribution is -2.47. The van der Waals surface area contributed by atoms with Gasteiger partial charge in [0.2, 0.25) is 5.95 Å². The summed E-state index contributed by atoms with van der Waals surface area (Å²) in [5.41, 5.74) is 1.10. The number of hydrogen-bond donors (Lipinski definition) is 0. The molecule has 0 amide bonds. The molecule has 2 heterocycles. The highest BCUT2D eigenvalue weighted by atomic mass is 35.5. The third-order valence-electron chi connectivity index (χ3n) is 2.82. The van der Waals surface area contributed by atoms with Gasteiger partial charge in [0.05, 0.1) is 0 Å². The van der Waals surface area contributed by atoms with E-state index in [1.807, 2.05) is 19.3 Å². The van der Waals surface area contributed by atoms with E-state index < -0.39 is 0 Å². The lowest BCUT2D eigenvalue weighted by Gasteiger charge is -2.34. The standard InChI is InChI=1S/C11H17ClN4/c1-10-8-13-11(14-9-10)16-6-4-15(3-2-12)5-7-16/h8-9H,2-7H2,1H3. The van der Waals surface area contributed by atoms with Crippen molar-refractivity contribution >= 4 is 17.5 Å². The molecule has 0 aromatic carbocycles. The minimum atomic E-state index is 0.709. The average molecular weight is 241 g/mol. The van der Waals surface area contributed by atoms with Crippen molar-refractivity contribution < 1.29 is 0 Å². The van der Waals surface area contributed by atoms with Gasteiger partial charge in [-0.05, 0) is 12.5 Å². The molecule has 1 saturated heterocycles. The van der Waals surface area contributed by atoms with Crippen LogP contribution in [0, 0.1) is 6.92 Å². The highest BCUT2D eigenvalue weighted by Crippen LogP contribution is 2.10. The lowest BCUT2D eigenvalue weighted by molar-refractivity contribution is 0.271. The predicted molar refractivity (Wildman–Crippen MR) is 66.1 cm³/mol. The first kappa shape index (κ1) is 11.6. The molecule has 0 radical (unpaired) electrons. The highest BCUT2D eigenvalue weighted by Gasteiger charge is 2.17. The summed E-state index contributed by atoms with van der Waals surface area (Å²) in [6, 6.07) is 0. The molecule has 0 spiro atoms. The molecule has 1 aliphatic heterocycles. The zero-order chi connectivity index (χ0) is 11.4. The van der Waals surface area contributed by atoms with E-state index in [-0.39, 0.29) is 0 Å². The number of hydrogen-bond acceptors (Lipinski definition) is 4. The van der Waals surface area contributed by atoms with Crippen molar-refractivity contribution in [3.05, 3.63) is 18.0 Å². The maximum absolute atomic E-state index is 5.73. The van der Waals surface area contributed by atoms with Crippen LogP contribution >= 0.6 is 11.6 Å². The van der Waals surface area contributed by atoms with Gasteiger partial charge in [-0.2, -0.15) is 0 Å². The maximum Gasteiger partial charge on any atom is 0.225 e. The molecule has 0 bridgehead atoms.